The number of nitrogens with zero attached hydrogens (tertiary/aromatic N) is 2. The number of rotatable bonds is 14. The lowest BCUT2D eigenvalue weighted by Crippen LogP contribution is -2.62. The van der Waals surface area contributed by atoms with E-state index < -0.39 is 78.5 Å². The highest BCUT2D eigenvalue weighted by atomic mass is 19.4. The van der Waals surface area contributed by atoms with Crippen molar-refractivity contribution in [3.63, 3.8) is 0 Å². The number of hydrazine groups is 1. The number of alkyl halides is 6. The summed E-state index contributed by atoms with van der Waals surface area (Å²) in [5, 5.41) is 17.6. The standard InChI is InChI=1S/C31H40F6N6O7/c1-28(2,30(32,33)34)22(40-26(47)49-5)24(45)39-15-20(44)17-43(16-18-10-12-19(13-11-18)21-9-7-8-14-38-21)42-25(46)23(41-27(48)50-6)29(3,4)31(35,36)37/h7-14,20,22-23,44H,15-17H2,1-6H3,(H,39,45)(H,40,47)(H,41,48)(H,42,46)/t20-,22?,23-/m1/s1. The number of pyridine rings is 1. The van der Waals surface area contributed by atoms with Crippen LogP contribution in [-0.4, -0.2) is 96.9 Å². The normalized spacial score (nSPS) is 14.2. The minimum absolute atomic E-state index is 0.246. The lowest BCUT2D eigenvalue weighted by atomic mass is 9.83. The molecule has 0 saturated carbocycles. The topological polar surface area (TPSA) is 171 Å². The van der Waals surface area contributed by atoms with Gasteiger partial charge in [0.2, 0.25) is 5.91 Å². The van der Waals surface area contributed by atoms with Crippen molar-refractivity contribution in [2.75, 3.05) is 27.3 Å². The number of aromatic nitrogens is 1. The van der Waals surface area contributed by atoms with Crippen molar-refractivity contribution >= 4 is 24.0 Å². The maximum atomic E-state index is 14.0. The molecule has 1 heterocycles. The van der Waals surface area contributed by atoms with Crippen LogP contribution in [0.4, 0.5) is 35.9 Å². The first-order valence-corrected chi connectivity index (χ1v) is 14.9. The highest BCUT2D eigenvalue weighted by Gasteiger charge is 2.57. The zero-order valence-electron chi connectivity index (χ0n) is 28.0. The van der Waals surface area contributed by atoms with Crippen molar-refractivity contribution in [1.82, 2.24) is 31.4 Å². The van der Waals surface area contributed by atoms with Gasteiger partial charge in [-0.2, -0.15) is 26.3 Å². The number of carbonyl (C=O) groups excluding carboxylic acids is 4. The third-order valence-corrected chi connectivity index (χ3v) is 7.82. The van der Waals surface area contributed by atoms with Gasteiger partial charge in [-0.1, -0.05) is 30.3 Å². The van der Waals surface area contributed by atoms with E-state index in [1.807, 2.05) is 10.6 Å². The number of ether oxygens (including phenoxy) is 2. The van der Waals surface area contributed by atoms with Crippen LogP contribution in [0.15, 0.2) is 48.7 Å². The maximum Gasteiger partial charge on any atom is 0.407 e. The number of halogens is 6. The molecule has 13 nitrogen and oxygen atoms in total. The van der Waals surface area contributed by atoms with E-state index in [9.17, 15) is 50.6 Å². The number of hydrogen-bond acceptors (Lipinski definition) is 9. The first-order valence-electron chi connectivity index (χ1n) is 14.9. The smallest absolute Gasteiger partial charge is 0.407 e. The number of nitrogens with one attached hydrogen (secondary N) is 4. The second-order valence-corrected chi connectivity index (χ2v) is 12.2. The summed E-state index contributed by atoms with van der Waals surface area (Å²) in [5.41, 5.74) is -1.56. The van der Waals surface area contributed by atoms with Crippen molar-refractivity contribution in [1.29, 1.82) is 0 Å². The molecule has 0 aliphatic carbocycles. The highest BCUT2D eigenvalue weighted by molar-refractivity contribution is 5.87. The monoisotopic (exact) mass is 722 g/mol. The fourth-order valence-electron chi connectivity index (χ4n) is 4.37. The number of methoxy groups -OCH3 is 2. The first-order chi connectivity index (χ1) is 23.0. The third-order valence-electron chi connectivity index (χ3n) is 7.82. The molecule has 0 bridgehead atoms. The predicted octanol–water partition coefficient (Wildman–Crippen LogP) is 3.69. The number of hydrogen-bond donors (Lipinski definition) is 5. The molecule has 0 fully saturated rings. The summed E-state index contributed by atoms with van der Waals surface area (Å²) >= 11 is 0. The molecule has 0 spiro atoms. The molecule has 2 rings (SSSR count). The fraction of sp³-hybridized carbons (Fsp3) is 0.516. The molecule has 5 N–H and O–H groups in total. The van der Waals surface area contributed by atoms with Crippen LogP contribution < -0.4 is 21.4 Å². The summed E-state index contributed by atoms with van der Waals surface area (Å²) in [7, 11) is 1.77. The molecule has 19 heteroatoms. The van der Waals surface area contributed by atoms with E-state index in [0.29, 0.717) is 44.5 Å². The molecule has 50 heavy (non-hydrogen) atoms. The van der Waals surface area contributed by atoms with Gasteiger partial charge >= 0.3 is 24.5 Å². The van der Waals surface area contributed by atoms with Crippen LogP contribution in [-0.2, 0) is 25.6 Å². The van der Waals surface area contributed by atoms with E-state index in [1.165, 1.54) is 0 Å². The number of aliphatic hydroxyl groups excluding tert-OH is 1. The van der Waals surface area contributed by atoms with Gasteiger partial charge in [-0.15, -0.1) is 0 Å². The Morgan fingerprint density at radius 2 is 1.30 bits per heavy atom. The van der Waals surface area contributed by atoms with Gasteiger partial charge in [0.25, 0.3) is 5.91 Å². The number of alkyl carbamates (subject to hydrolysis) is 2. The van der Waals surface area contributed by atoms with Crippen molar-refractivity contribution in [2.45, 2.75) is 64.8 Å². The molecule has 1 unspecified atom stereocenters. The van der Waals surface area contributed by atoms with Crippen LogP contribution in [0.3, 0.4) is 0 Å². The fourth-order valence-corrected chi connectivity index (χ4v) is 4.37. The van der Waals surface area contributed by atoms with E-state index in [1.54, 1.807) is 48.7 Å². The lowest BCUT2D eigenvalue weighted by Gasteiger charge is -2.37. The van der Waals surface area contributed by atoms with Gasteiger partial charge in [0.15, 0.2) is 0 Å². The SMILES string of the molecule is COC(=O)NC(C(=O)NC[C@@H](O)CN(Cc1ccc(-c2ccccn2)cc1)NC(=O)[C@@H](NC(=O)OC)C(C)(C)C(F)(F)F)C(C)(C)C(F)(F)F. The van der Waals surface area contributed by atoms with E-state index in [4.69, 9.17) is 0 Å². The van der Waals surface area contributed by atoms with Gasteiger partial charge in [0, 0.05) is 31.4 Å². The van der Waals surface area contributed by atoms with Gasteiger partial charge in [-0.05, 0) is 45.4 Å². The average molecular weight is 723 g/mol. The number of amides is 4. The van der Waals surface area contributed by atoms with Crippen LogP contribution in [0, 0.1) is 10.8 Å². The molecule has 1 aromatic carbocycles. The van der Waals surface area contributed by atoms with Crippen molar-refractivity contribution < 1.29 is 60.1 Å². The Kier molecular flexibility index (Phi) is 14.0. The average Bonchev–Trinajstić information content (AvgIpc) is 3.04. The van der Waals surface area contributed by atoms with Crippen LogP contribution in [0.5, 0.6) is 0 Å². The highest BCUT2D eigenvalue weighted by Crippen LogP contribution is 2.41. The molecule has 4 amide bonds. The zero-order chi connectivity index (χ0) is 38.1. The summed E-state index contributed by atoms with van der Waals surface area (Å²) in [6.45, 7) is 1.13. The number of aliphatic hydroxyl groups is 1. The quantitative estimate of drug-likeness (QED) is 0.144. The Balaban J connectivity index is 2.36. The molecular weight excluding hydrogens is 682 g/mol. The van der Waals surface area contributed by atoms with E-state index in [2.05, 4.69) is 25.2 Å². The second kappa shape index (κ2) is 16.8. The molecule has 3 atom stereocenters. The maximum absolute atomic E-state index is 14.0. The molecule has 278 valence electrons. The molecule has 0 saturated heterocycles. The predicted molar refractivity (Wildman–Crippen MR) is 166 cm³/mol. The Labute approximate surface area is 284 Å². The number of carbonyl (C=O) groups is 4. The van der Waals surface area contributed by atoms with E-state index in [-0.39, 0.29) is 6.54 Å². The molecule has 2 aromatic rings. The summed E-state index contributed by atoms with van der Waals surface area (Å²) in [6, 6.07) is 7.39. The first kappa shape index (κ1) is 41.5. The van der Waals surface area contributed by atoms with Crippen molar-refractivity contribution in [3.8, 4) is 11.3 Å². The van der Waals surface area contributed by atoms with Crippen LogP contribution in [0.25, 0.3) is 11.3 Å². The largest absolute Gasteiger partial charge is 0.453 e. The Morgan fingerprint density at radius 1 is 0.800 bits per heavy atom. The zero-order valence-corrected chi connectivity index (χ0v) is 28.0. The van der Waals surface area contributed by atoms with Gasteiger partial charge in [0.05, 0.1) is 36.8 Å². The summed E-state index contributed by atoms with van der Waals surface area (Å²) < 4.78 is 92.0. The second-order valence-electron chi connectivity index (χ2n) is 12.2. The molecule has 0 aliphatic rings. The minimum Gasteiger partial charge on any atom is -0.453 e. The van der Waals surface area contributed by atoms with Crippen molar-refractivity contribution in [3.05, 3.63) is 54.2 Å². The lowest BCUT2D eigenvalue weighted by molar-refractivity contribution is -0.221. The van der Waals surface area contributed by atoms with Crippen LogP contribution in [0.2, 0.25) is 0 Å². The third kappa shape index (κ3) is 10.9. The summed E-state index contributed by atoms with van der Waals surface area (Å²) in [5.74, 6) is -2.69. The van der Waals surface area contributed by atoms with Crippen LogP contribution in [0.1, 0.15) is 33.3 Å². The van der Waals surface area contributed by atoms with E-state index >= 15 is 0 Å². The molecule has 0 aliphatic heterocycles. The minimum atomic E-state index is -5.00. The Morgan fingerprint density at radius 3 is 1.74 bits per heavy atom. The Bertz CT molecular complexity index is 1460. The van der Waals surface area contributed by atoms with Crippen molar-refractivity contribution in [2.24, 2.45) is 10.8 Å². The van der Waals surface area contributed by atoms with E-state index in [0.717, 1.165) is 19.2 Å². The molecule has 1 aromatic heterocycles. The molecular formula is C31H40F6N6O7. The molecule has 0 radical (unpaired) electrons. The van der Waals surface area contributed by atoms with Gasteiger partial charge in [-0.25, -0.2) is 14.6 Å². The van der Waals surface area contributed by atoms with Gasteiger partial charge in [0.1, 0.15) is 12.1 Å². The summed E-state index contributed by atoms with van der Waals surface area (Å²) in [6.07, 6.45) is -12.7. The number of benzene rings is 1. The van der Waals surface area contributed by atoms with Crippen LogP contribution >= 0.6 is 0 Å². The van der Waals surface area contributed by atoms with Gasteiger partial charge < -0.3 is 30.5 Å². The summed E-state index contributed by atoms with van der Waals surface area (Å²) in [4.78, 5) is 54.2. The van der Waals surface area contributed by atoms with Gasteiger partial charge in [-0.3, -0.25) is 20.0 Å². The Hall–Kier alpha value is -4.65.